The van der Waals surface area contributed by atoms with Crippen LogP contribution in [0.5, 0.6) is 5.75 Å². The van der Waals surface area contributed by atoms with Crippen LogP contribution in [0.3, 0.4) is 0 Å². The summed E-state index contributed by atoms with van der Waals surface area (Å²) in [5.41, 5.74) is 2.53. The quantitative estimate of drug-likeness (QED) is 0.338. The highest BCUT2D eigenvalue weighted by Crippen LogP contribution is 2.48. The highest BCUT2D eigenvalue weighted by Gasteiger charge is 2.40. The van der Waals surface area contributed by atoms with Crippen molar-refractivity contribution in [3.05, 3.63) is 29.3 Å². The number of ether oxygens (including phenoxy) is 2. The van der Waals surface area contributed by atoms with E-state index in [0.29, 0.717) is 29.6 Å². The van der Waals surface area contributed by atoms with Crippen molar-refractivity contribution in [2.45, 2.75) is 104 Å². The highest BCUT2D eigenvalue weighted by molar-refractivity contribution is 5.72. The average molecular weight is 499 g/mol. The minimum absolute atomic E-state index is 0.0211. The zero-order valence-corrected chi connectivity index (χ0v) is 22.5. The predicted molar refractivity (Wildman–Crippen MR) is 141 cm³/mol. The maximum absolute atomic E-state index is 13.0. The van der Waals surface area contributed by atoms with Gasteiger partial charge in [-0.15, -0.1) is 0 Å². The Bertz CT molecular complexity index is 887. The number of carboxylic acid groups (broad SMARTS) is 1. The van der Waals surface area contributed by atoms with Crippen LogP contribution in [-0.4, -0.2) is 29.8 Å². The second-order valence-corrected chi connectivity index (χ2v) is 12.2. The minimum atomic E-state index is -0.937. The van der Waals surface area contributed by atoms with E-state index in [2.05, 4.69) is 26.8 Å². The summed E-state index contributed by atoms with van der Waals surface area (Å²) in [6, 6.07) is 6.10. The molecule has 0 bridgehead atoms. The van der Waals surface area contributed by atoms with E-state index in [1.165, 1.54) is 30.4 Å². The summed E-state index contributed by atoms with van der Waals surface area (Å²) in [5, 5.41) is 9.03. The monoisotopic (exact) mass is 498 g/mol. The lowest BCUT2D eigenvalue weighted by atomic mass is 9.73. The van der Waals surface area contributed by atoms with Gasteiger partial charge < -0.3 is 14.6 Å². The molecule has 0 radical (unpaired) electrons. The fourth-order valence-electron chi connectivity index (χ4n) is 7.33. The molecule has 5 heteroatoms. The van der Waals surface area contributed by atoms with Crippen molar-refractivity contribution in [3.8, 4) is 5.75 Å². The molecule has 0 heterocycles. The van der Waals surface area contributed by atoms with E-state index in [-0.39, 0.29) is 24.6 Å². The largest absolute Gasteiger partial charge is 0.482 e. The highest BCUT2D eigenvalue weighted by atomic mass is 16.5. The van der Waals surface area contributed by atoms with Gasteiger partial charge in [-0.05, 0) is 105 Å². The number of esters is 1. The first kappa shape index (κ1) is 27.0. The second kappa shape index (κ2) is 12.5. The van der Waals surface area contributed by atoms with E-state index in [1.54, 1.807) is 0 Å². The SMILES string of the molecule is CC(C)CC(C)[C@@H](CC[C@H]1CC[C@@H]2Cc3c(cccc3OCC(=O)O)C[C@H]12)OC(=O)C1CCCCC1. The molecule has 1 aromatic rings. The first-order chi connectivity index (χ1) is 17.3. The van der Waals surface area contributed by atoms with Crippen LogP contribution in [0.15, 0.2) is 18.2 Å². The van der Waals surface area contributed by atoms with Gasteiger partial charge in [-0.2, -0.15) is 0 Å². The fraction of sp³-hybridized carbons (Fsp3) is 0.742. The third-order valence-electron chi connectivity index (χ3n) is 9.13. The summed E-state index contributed by atoms with van der Waals surface area (Å²) >= 11 is 0. The number of fused-ring (bicyclic) bond motifs is 2. The number of carbonyl (C=O) groups excluding carboxylic acids is 1. The Kier molecular flexibility index (Phi) is 9.35. The van der Waals surface area contributed by atoms with E-state index in [1.807, 2.05) is 12.1 Å². The molecule has 1 N–H and O–H groups in total. The normalized spacial score (nSPS) is 25.6. The van der Waals surface area contributed by atoms with Crippen LogP contribution in [0.4, 0.5) is 0 Å². The molecule has 36 heavy (non-hydrogen) atoms. The van der Waals surface area contributed by atoms with Crippen molar-refractivity contribution in [1.82, 2.24) is 0 Å². The van der Waals surface area contributed by atoms with E-state index < -0.39 is 5.97 Å². The topological polar surface area (TPSA) is 72.8 Å². The van der Waals surface area contributed by atoms with Crippen LogP contribution in [0.1, 0.15) is 96.1 Å². The Morgan fingerprint density at radius 1 is 1.03 bits per heavy atom. The number of carbonyl (C=O) groups is 2. The Morgan fingerprint density at radius 3 is 2.53 bits per heavy atom. The molecule has 200 valence electrons. The van der Waals surface area contributed by atoms with Gasteiger partial charge in [-0.3, -0.25) is 4.79 Å². The summed E-state index contributed by atoms with van der Waals surface area (Å²) in [5.74, 6) is 2.90. The predicted octanol–water partition coefficient (Wildman–Crippen LogP) is 6.85. The van der Waals surface area contributed by atoms with Crippen LogP contribution in [-0.2, 0) is 27.2 Å². The van der Waals surface area contributed by atoms with Gasteiger partial charge >= 0.3 is 11.9 Å². The van der Waals surface area contributed by atoms with Crippen molar-refractivity contribution in [2.75, 3.05) is 6.61 Å². The maximum atomic E-state index is 13.0. The van der Waals surface area contributed by atoms with Crippen molar-refractivity contribution in [1.29, 1.82) is 0 Å². The van der Waals surface area contributed by atoms with Gasteiger partial charge in [0.2, 0.25) is 0 Å². The lowest BCUT2D eigenvalue weighted by Gasteiger charge is -2.33. The third-order valence-corrected chi connectivity index (χ3v) is 9.13. The summed E-state index contributed by atoms with van der Waals surface area (Å²) < 4.78 is 11.9. The molecule has 3 aliphatic rings. The Labute approximate surface area is 217 Å². The Balaban J connectivity index is 1.38. The molecule has 0 saturated heterocycles. The van der Waals surface area contributed by atoms with Crippen LogP contribution < -0.4 is 4.74 Å². The molecule has 2 saturated carbocycles. The Morgan fingerprint density at radius 2 is 1.81 bits per heavy atom. The number of benzene rings is 1. The molecule has 2 fully saturated rings. The zero-order chi connectivity index (χ0) is 25.7. The first-order valence-electron chi connectivity index (χ1n) is 14.5. The molecule has 3 aliphatic carbocycles. The average Bonchev–Trinajstić information content (AvgIpc) is 3.25. The fourth-order valence-corrected chi connectivity index (χ4v) is 7.33. The molecule has 1 aromatic carbocycles. The van der Waals surface area contributed by atoms with Gasteiger partial charge in [0.25, 0.3) is 0 Å². The number of hydrogen-bond acceptors (Lipinski definition) is 4. The van der Waals surface area contributed by atoms with E-state index in [9.17, 15) is 9.59 Å². The Hall–Kier alpha value is -2.04. The molecule has 5 nitrogen and oxygen atoms in total. The van der Waals surface area contributed by atoms with Crippen LogP contribution in [0, 0.1) is 35.5 Å². The zero-order valence-electron chi connectivity index (χ0n) is 22.5. The maximum Gasteiger partial charge on any atom is 0.341 e. The standard InChI is InChI=1S/C31H46O5/c1-20(2)16-21(3)28(36-31(34)23-8-5-4-6-9-23)15-14-22-12-13-25-18-27-24(17-26(22)25)10-7-11-29(27)35-19-30(32)33/h7,10-11,20-23,25-26,28H,4-6,8-9,12-19H2,1-3H3,(H,32,33)/t21?,22-,25-,26-,28-/m1/s1. The van der Waals surface area contributed by atoms with Crippen molar-refractivity contribution in [2.24, 2.45) is 35.5 Å². The number of rotatable bonds is 11. The van der Waals surface area contributed by atoms with Gasteiger partial charge in [-0.1, -0.05) is 52.2 Å². The lowest BCUT2D eigenvalue weighted by Crippen LogP contribution is -2.32. The molecule has 0 amide bonds. The van der Waals surface area contributed by atoms with Crippen molar-refractivity contribution in [3.63, 3.8) is 0 Å². The molecular formula is C31H46O5. The molecule has 4 rings (SSSR count). The number of aliphatic carboxylic acids is 1. The summed E-state index contributed by atoms with van der Waals surface area (Å²) in [6.45, 7) is 6.49. The molecule has 0 spiro atoms. The summed E-state index contributed by atoms with van der Waals surface area (Å²) in [6.07, 6.45) is 13.2. The molecular weight excluding hydrogens is 452 g/mol. The van der Waals surface area contributed by atoms with E-state index >= 15 is 0 Å². The van der Waals surface area contributed by atoms with Gasteiger partial charge in [0.15, 0.2) is 6.61 Å². The number of hydrogen-bond donors (Lipinski definition) is 1. The van der Waals surface area contributed by atoms with Crippen molar-refractivity contribution >= 4 is 11.9 Å². The number of carboxylic acids is 1. The molecule has 0 aliphatic heterocycles. The minimum Gasteiger partial charge on any atom is -0.482 e. The van der Waals surface area contributed by atoms with Crippen LogP contribution in [0.25, 0.3) is 0 Å². The molecule has 0 aromatic heterocycles. The van der Waals surface area contributed by atoms with Gasteiger partial charge in [-0.25, -0.2) is 4.79 Å². The lowest BCUT2D eigenvalue weighted by molar-refractivity contribution is -0.158. The van der Waals surface area contributed by atoms with Gasteiger partial charge in [0.1, 0.15) is 11.9 Å². The van der Waals surface area contributed by atoms with Crippen LogP contribution >= 0.6 is 0 Å². The van der Waals surface area contributed by atoms with Gasteiger partial charge in [0, 0.05) is 0 Å². The van der Waals surface area contributed by atoms with Crippen LogP contribution in [0.2, 0.25) is 0 Å². The summed E-state index contributed by atoms with van der Waals surface area (Å²) in [7, 11) is 0. The first-order valence-corrected chi connectivity index (χ1v) is 14.5. The van der Waals surface area contributed by atoms with E-state index in [4.69, 9.17) is 14.6 Å². The third kappa shape index (κ3) is 6.83. The summed E-state index contributed by atoms with van der Waals surface area (Å²) in [4.78, 5) is 24.0. The second-order valence-electron chi connectivity index (χ2n) is 12.2. The van der Waals surface area contributed by atoms with E-state index in [0.717, 1.165) is 63.5 Å². The smallest absolute Gasteiger partial charge is 0.341 e. The molecule has 5 atom stereocenters. The molecule has 1 unspecified atom stereocenters. The van der Waals surface area contributed by atoms with Gasteiger partial charge in [0.05, 0.1) is 5.92 Å². The van der Waals surface area contributed by atoms with Crippen molar-refractivity contribution < 1.29 is 24.2 Å².